The van der Waals surface area contributed by atoms with Crippen molar-refractivity contribution in [3.8, 4) is 0 Å². The molecule has 0 bridgehead atoms. The Hall–Kier alpha value is -0.240. The highest BCUT2D eigenvalue weighted by Gasteiger charge is 2.09. The number of aliphatic hydroxyl groups excluding tert-OH is 1. The van der Waals surface area contributed by atoms with Gasteiger partial charge < -0.3 is 5.11 Å². The van der Waals surface area contributed by atoms with Crippen molar-refractivity contribution in [2.45, 2.75) is 19.3 Å². The van der Waals surface area contributed by atoms with E-state index in [1.807, 2.05) is 19.1 Å². The molecule has 1 unspecified atom stereocenters. The van der Waals surface area contributed by atoms with E-state index < -0.39 is 0 Å². The molecule has 1 nitrogen and oxygen atoms in total. The van der Waals surface area contributed by atoms with Crippen LogP contribution in [0.4, 0.5) is 0 Å². The molecule has 1 atom stereocenters. The number of rotatable bonds is 3. The normalized spacial score (nSPS) is 12.9. The standard InChI is InChI=1S/C10H12Cl2O/c1-2-7(6-13)8-3-9(11)5-10(12)4-8/h3-5,7,13H,2,6H2,1H3. The molecule has 0 radical (unpaired) electrons. The zero-order chi connectivity index (χ0) is 9.84. The van der Waals surface area contributed by atoms with Crippen LogP contribution in [0.25, 0.3) is 0 Å². The number of hydrogen-bond donors (Lipinski definition) is 1. The van der Waals surface area contributed by atoms with Crippen LogP contribution in [0, 0.1) is 0 Å². The molecule has 0 fully saturated rings. The molecule has 1 aromatic carbocycles. The van der Waals surface area contributed by atoms with Gasteiger partial charge in [0.2, 0.25) is 0 Å². The summed E-state index contributed by atoms with van der Waals surface area (Å²) in [6.45, 7) is 2.16. The van der Waals surface area contributed by atoms with Crippen molar-refractivity contribution in [3.05, 3.63) is 33.8 Å². The molecule has 1 N–H and O–H groups in total. The second kappa shape index (κ2) is 4.85. The zero-order valence-corrected chi connectivity index (χ0v) is 8.94. The molecule has 0 aliphatic heterocycles. The van der Waals surface area contributed by atoms with Gasteiger partial charge in [0.25, 0.3) is 0 Å². The third kappa shape index (κ3) is 2.87. The van der Waals surface area contributed by atoms with Crippen molar-refractivity contribution in [2.24, 2.45) is 0 Å². The Balaban J connectivity index is 2.99. The lowest BCUT2D eigenvalue weighted by atomic mass is 9.98. The molecule has 0 spiro atoms. The summed E-state index contributed by atoms with van der Waals surface area (Å²) >= 11 is 11.7. The summed E-state index contributed by atoms with van der Waals surface area (Å²) in [7, 11) is 0. The molecule has 13 heavy (non-hydrogen) atoms. The summed E-state index contributed by atoms with van der Waals surface area (Å²) in [5.74, 6) is 0.135. The minimum Gasteiger partial charge on any atom is -0.396 e. The molecule has 0 aliphatic carbocycles. The smallest absolute Gasteiger partial charge is 0.0499 e. The lowest BCUT2D eigenvalue weighted by Crippen LogP contribution is -2.02. The van der Waals surface area contributed by atoms with E-state index in [0.29, 0.717) is 10.0 Å². The third-order valence-electron chi connectivity index (χ3n) is 2.07. The van der Waals surface area contributed by atoms with Gasteiger partial charge in [0.1, 0.15) is 0 Å². The average Bonchev–Trinajstić information content (AvgIpc) is 2.04. The van der Waals surface area contributed by atoms with Gasteiger partial charge >= 0.3 is 0 Å². The molecule has 0 aliphatic rings. The minimum absolute atomic E-state index is 0.132. The van der Waals surface area contributed by atoms with E-state index in [0.717, 1.165) is 12.0 Å². The molecule has 3 heteroatoms. The van der Waals surface area contributed by atoms with E-state index in [9.17, 15) is 0 Å². The molecular formula is C10H12Cl2O. The number of halogens is 2. The van der Waals surface area contributed by atoms with Crippen LogP contribution in [0.1, 0.15) is 24.8 Å². The van der Waals surface area contributed by atoms with Crippen LogP contribution >= 0.6 is 23.2 Å². The highest BCUT2D eigenvalue weighted by molar-refractivity contribution is 6.34. The van der Waals surface area contributed by atoms with Gasteiger partial charge in [-0.2, -0.15) is 0 Å². The molecule has 0 saturated heterocycles. The summed E-state index contributed by atoms with van der Waals surface area (Å²) in [4.78, 5) is 0. The van der Waals surface area contributed by atoms with E-state index in [-0.39, 0.29) is 12.5 Å². The number of aliphatic hydroxyl groups is 1. The van der Waals surface area contributed by atoms with Crippen molar-refractivity contribution in [1.29, 1.82) is 0 Å². The van der Waals surface area contributed by atoms with Gasteiger partial charge in [-0.3, -0.25) is 0 Å². The van der Waals surface area contributed by atoms with Gasteiger partial charge in [0.05, 0.1) is 0 Å². The van der Waals surface area contributed by atoms with E-state index >= 15 is 0 Å². The molecule has 1 aromatic rings. The van der Waals surface area contributed by atoms with Crippen molar-refractivity contribution < 1.29 is 5.11 Å². The van der Waals surface area contributed by atoms with Crippen molar-refractivity contribution in [1.82, 2.24) is 0 Å². The van der Waals surface area contributed by atoms with Crippen molar-refractivity contribution >= 4 is 23.2 Å². The van der Waals surface area contributed by atoms with Crippen LogP contribution < -0.4 is 0 Å². The predicted molar refractivity (Wildman–Crippen MR) is 56.6 cm³/mol. The third-order valence-corrected chi connectivity index (χ3v) is 2.51. The van der Waals surface area contributed by atoms with E-state index in [1.165, 1.54) is 0 Å². The summed E-state index contributed by atoms with van der Waals surface area (Å²) in [5, 5.41) is 10.3. The van der Waals surface area contributed by atoms with Crippen LogP contribution in [-0.2, 0) is 0 Å². The summed E-state index contributed by atoms with van der Waals surface area (Å²) in [6, 6.07) is 5.38. The predicted octanol–water partition coefficient (Wildman–Crippen LogP) is 3.48. The second-order valence-corrected chi connectivity index (χ2v) is 3.86. The van der Waals surface area contributed by atoms with E-state index in [1.54, 1.807) is 6.07 Å². The minimum atomic E-state index is 0.132. The summed E-state index contributed by atoms with van der Waals surface area (Å²) < 4.78 is 0. The fraction of sp³-hybridized carbons (Fsp3) is 0.400. The lowest BCUT2D eigenvalue weighted by molar-refractivity contribution is 0.262. The van der Waals surface area contributed by atoms with Crippen molar-refractivity contribution in [3.63, 3.8) is 0 Å². The highest BCUT2D eigenvalue weighted by atomic mass is 35.5. The molecule has 72 valence electrons. The molecular weight excluding hydrogens is 207 g/mol. The van der Waals surface area contributed by atoms with E-state index in [2.05, 4.69) is 0 Å². The Labute approximate surface area is 88.3 Å². The molecule has 1 rings (SSSR count). The summed E-state index contributed by atoms with van der Waals surface area (Å²) in [6.07, 6.45) is 0.882. The average molecular weight is 219 g/mol. The lowest BCUT2D eigenvalue weighted by Gasteiger charge is -2.12. The fourth-order valence-electron chi connectivity index (χ4n) is 1.28. The Kier molecular flexibility index (Phi) is 4.04. The number of hydrogen-bond acceptors (Lipinski definition) is 1. The molecule has 0 saturated carbocycles. The maximum atomic E-state index is 9.08. The highest BCUT2D eigenvalue weighted by Crippen LogP contribution is 2.26. The van der Waals surface area contributed by atoms with Crippen LogP contribution in [0.5, 0.6) is 0 Å². The van der Waals surface area contributed by atoms with Crippen LogP contribution in [0.15, 0.2) is 18.2 Å². The Bertz CT molecular complexity index is 262. The van der Waals surface area contributed by atoms with Gasteiger partial charge in [0, 0.05) is 22.6 Å². The van der Waals surface area contributed by atoms with Gasteiger partial charge in [-0.15, -0.1) is 0 Å². The van der Waals surface area contributed by atoms with Crippen LogP contribution in [0.2, 0.25) is 10.0 Å². The first-order valence-electron chi connectivity index (χ1n) is 4.24. The Morgan fingerprint density at radius 2 is 1.77 bits per heavy atom. The van der Waals surface area contributed by atoms with Gasteiger partial charge in [-0.1, -0.05) is 30.1 Å². The van der Waals surface area contributed by atoms with E-state index in [4.69, 9.17) is 28.3 Å². The van der Waals surface area contributed by atoms with Gasteiger partial charge in [0.15, 0.2) is 0 Å². The Morgan fingerprint density at radius 3 is 2.15 bits per heavy atom. The van der Waals surface area contributed by atoms with Gasteiger partial charge in [-0.25, -0.2) is 0 Å². The zero-order valence-electron chi connectivity index (χ0n) is 7.43. The maximum absolute atomic E-state index is 9.08. The molecule has 0 amide bonds. The van der Waals surface area contributed by atoms with Gasteiger partial charge in [-0.05, 0) is 30.2 Å². The van der Waals surface area contributed by atoms with Crippen LogP contribution in [-0.4, -0.2) is 11.7 Å². The topological polar surface area (TPSA) is 20.2 Å². The second-order valence-electron chi connectivity index (χ2n) is 2.99. The SMILES string of the molecule is CCC(CO)c1cc(Cl)cc(Cl)c1. The molecule has 0 aromatic heterocycles. The molecule has 0 heterocycles. The first-order valence-corrected chi connectivity index (χ1v) is 4.99. The van der Waals surface area contributed by atoms with Crippen molar-refractivity contribution in [2.75, 3.05) is 6.61 Å². The largest absolute Gasteiger partial charge is 0.396 e. The first-order chi connectivity index (χ1) is 6.17. The maximum Gasteiger partial charge on any atom is 0.0499 e. The summed E-state index contributed by atoms with van der Waals surface area (Å²) in [5.41, 5.74) is 1.00. The number of benzene rings is 1. The first kappa shape index (κ1) is 10.8. The Morgan fingerprint density at radius 1 is 1.23 bits per heavy atom. The fourth-order valence-corrected chi connectivity index (χ4v) is 1.82. The monoisotopic (exact) mass is 218 g/mol. The van der Waals surface area contributed by atoms with Crippen LogP contribution in [0.3, 0.4) is 0 Å². The quantitative estimate of drug-likeness (QED) is 0.824.